The lowest BCUT2D eigenvalue weighted by molar-refractivity contribution is 0.335. The zero-order chi connectivity index (χ0) is 13.4. The van der Waals surface area contributed by atoms with Gasteiger partial charge < -0.3 is 22.1 Å². The molecule has 6 N–H and O–H groups in total. The second kappa shape index (κ2) is 8.86. The highest BCUT2D eigenvalue weighted by Crippen LogP contribution is 2.12. The minimum Gasteiger partial charge on any atom is -0.328 e. The molecule has 4 atom stereocenters. The molecule has 0 spiro atoms. The van der Waals surface area contributed by atoms with Gasteiger partial charge in [0.05, 0.1) is 0 Å². The highest BCUT2D eigenvalue weighted by Gasteiger charge is 2.16. The van der Waals surface area contributed by atoms with E-state index in [0.717, 1.165) is 24.9 Å². The molecule has 108 valence electrons. The molecule has 4 heteroatoms. The van der Waals surface area contributed by atoms with Gasteiger partial charge in [-0.1, -0.05) is 0 Å². The fraction of sp³-hybridized carbons (Fsp3) is 1.00. The van der Waals surface area contributed by atoms with Crippen LogP contribution in [0.4, 0.5) is 0 Å². The van der Waals surface area contributed by atoms with Crippen LogP contribution in [0.1, 0.15) is 39.5 Å². The summed E-state index contributed by atoms with van der Waals surface area (Å²) < 4.78 is 0. The van der Waals surface area contributed by atoms with E-state index >= 15 is 0 Å². The Labute approximate surface area is 112 Å². The van der Waals surface area contributed by atoms with E-state index < -0.39 is 0 Å². The van der Waals surface area contributed by atoms with Crippen LogP contribution in [-0.4, -0.2) is 38.3 Å². The first-order valence-electron chi connectivity index (χ1n) is 7.54. The fourth-order valence-corrected chi connectivity index (χ4v) is 2.66. The lowest BCUT2D eigenvalue weighted by atomic mass is 9.94. The summed E-state index contributed by atoms with van der Waals surface area (Å²) in [5.74, 6) is 1.44. The van der Waals surface area contributed by atoms with Crippen LogP contribution in [0.25, 0.3) is 0 Å². The van der Waals surface area contributed by atoms with E-state index in [4.69, 9.17) is 11.5 Å². The van der Waals surface area contributed by atoms with Crippen LogP contribution in [0, 0.1) is 11.8 Å². The van der Waals surface area contributed by atoms with Crippen molar-refractivity contribution in [3.63, 3.8) is 0 Å². The molecule has 0 amide bonds. The minimum atomic E-state index is 0.373. The normalized spacial score (nSPS) is 32.0. The Bertz CT molecular complexity index is 172. The Hall–Kier alpha value is -0.160. The number of hydrogen-bond acceptors (Lipinski definition) is 4. The Morgan fingerprint density at radius 2 is 1.22 bits per heavy atom. The number of nitrogens with one attached hydrogen (secondary N) is 2. The molecule has 2 rings (SSSR count). The fourth-order valence-electron chi connectivity index (χ4n) is 2.66. The highest BCUT2D eigenvalue weighted by atomic mass is 14.9. The largest absolute Gasteiger partial charge is 0.328 e. The van der Waals surface area contributed by atoms with Gasteiger partial charge >= 0.3 is 0 Å². The lowest BCUT2D eigenvalue weighted by Gasteiger charge is -2.25. The third-order valence-electron chi connectivity index (χ3n) is 4.16. The standard InChI is InChI=1S/2C7H16N2/c2*1-6(8)7-3-2-4-9-5-7/h2*6-7,9H,2-5,8H2,1H3. The van der Waals surface area contributed by atoms with E-state index in [0.29, 0.717) is 12.1 Å². The molecule has 4 unspecified atom stereocenters. The van der Waals surface area contributed by atoms with E-state index in [-0.39, 0.29) is 0 Å². The average Bonchev–Trinajstić information content (AvgIpc) is 2.41. The number of rotatable bonds is 2. The second-order valence-electron chi connectivity index (χ2n) is 5.93. The van der Waals surface area contributed by atoms with Crippen molar-refractivity contribution >= 4 is 0 Å². The molecule has 0 bridgehead atoms. The van der Waals surface area contributed by atoms with Crippen LogP contribution in [0.2, 0.25) is 0 Å². The second-order valence-corrected chi connectivity index (χ2v) is 5.93. The van der Waals surface area contributed by atoms with Gasteiger partial charge in [0, 0.05) is 12.1 Å². The van der Waals surface area contributed by atoms with Crippen molar-refractivity contribution in [1.82, 2.24) is 10.6 Å². The molecule has 2 saturated heterocycles. The molecule has 0 aromatic carbocycles. The van der Waals surface area contributed by atoms with Crippen molar-refractivity contribution in [2.45, 2.75) is 51.6 Å². The van der Waals surface area contributed by atoms with Gasteiger partial charge in [-0.3, -0.25) is 0 Å². The summed E-state index contributed by atoms with van der Waals surface area (Å²) in [6, 6.07) is 0.746. The van der Waals surface area contributed by atoms with Crippen molar-refractivity contribution in [2.24, 2.45) is 23.3 Å². The SMILES string of the molecule is CC(N)C1CCCNC1.CC(N)C1CCCNC1. The molecule has 2 fully saturated rings. The van der Waals surface area contributed by atoms with Crippen molar-refractivity contribution in [2.75, 3.05) is 26.2 Å². The predicted octanol–water partition coefficient (Wildman–Crippen LogP) is 0.666. The van der Waals surface area contributed by atoms with E-state index in [2.05, 4.69) is 24.5 Å². The average molecular weight is 256 g/mol. The third kappa shape index (κ3) is 6.14. The zero-order valence-corrected chi connectivity index (χ0v) is 12.1. The van der Waals surface area contributed by atoms with Gasteiger partial charge in [-0.2, -0.15) is 0 Å². The number of hydrogen-bond donors (Lipinski definition) is 4. The Morgan fingerprint density at radius 3 is 1.39 bits per heavy atom. The lowest BCUT2D eigenvalue weighted by Crippen LogP contribution is -2.39. The first kappa shape index (κ1) is 15.9. The number of piperidine rings is 2. The molecule has 0 radical (unpaired) electrons. The molecular formula is C14H32N4. The summed E-state index contributed by atoms with van der Waals surface area (Å²) in [6.07, 6.45) is 5.22. The van der Waals surface area contributed by atoms with Gasteiger partial charge in [0.15, 0.2) is 0 Å². The van der Waals surface area contributed by atoms with Crippen LogP contribution in [0.15, 0.2) is 0 Å². The molecule has 4 nitrogen and oxygen atoms in total. The van der Waals surface area contributed by atoms with Crippen LogP contribution >= 0.6 is 0 Å². The predicted molar refractivity (Wildman–Crippen MR) is 78.5 cm³/mol. The number of nitrogens with two attached hydrogens (primary N) is 2. The van der Waals surface area contributed by atoms with Gasteiger partial charge in [0.25, 0.3) is 0 Å². The van der Waals surface area contributed by atoms with Gasteiger partial charge in [0.2, 0.25) is 0 Å². The van der Waals surface area contributed by atoms with Crippen molar-refractivity contribution in [3.05, 3.63) is 0 Å². The molecule has 2 aliphatic heterocycles. The first-order valence-corrected chi connectivity index (χ1v) is 7.54. The Kier molecular flexibility index (Phi) is 7.82. The van der Waals surface area contributed by atoms with Crippen LogP contribution in [-0.2, 0) is 0 Å². The van der Waals surface area contributed by atoms with E-state index in [1.807, 2.05) is 0 Å². The molecule has 2 heterocycles. The maximum absolute atomic E-state index is 5.73. The summed E-state index contributed by atoms with van der Waals surface area (Å²) >= 11 is 0. The van der Waals surface area contributed by atoms with Gasteiger partial charge in [-0.25, -0.2) is 0 Å². The van der Waals surface area contributed by atoms with E-state index in [1.54, 1.807) is 0 Å². The van der Waals surface area contributed by atoms with Crippen molar-refractivity contribution in [1.29, 1.82) is 0 Å². The quantitative estimate of drug-likeness (QED) is 0.586. The van der Waals surface area contributed by atoms with E-state index in [9.17, 15) is 0 Å². The Balaban J connectivity index is 0.000000180. The first-order chi connectivity index (χ1) is 8.61. The van der Waals surface area contributed by atoms with Gasteiger partial charge in [-0.05, 0) is 77.5 Å². The van der Waals surface area contributed by atoms with Gasteiger partial charge in [-0.15, -0.1) is 0 Å². The minimum absolute atomic E-state index is 0.373. The van der Waals surface area contributed by atoms with Crippen LogP contribution in [0.5, 0.6) is 0 Å². The molecule has 0 aromatic rings. The third-order valence-corrected chi connectivity index (χ3v) is 4.16. The molecule has 0 aromatic heterocycles. The highest BCUT2D eigenvalue weighted by molar-refractivity contribution is 4.75. The molecule has 2 aliphatic rings. The van der Waals surface area contributed by atoms with E-state index in [1.165, 1.54) is 38.8 Å². The van der Waals surface area contributed by atoms with Crippen LogP contribution < -0.4 is 22.1 Å². The Morgan fingerprint density at radius 1 is 0.833 bits per heavy atom. The maximum Gasteiger partial charge on any atom is 0.00508 e. The zero-order valence-electron chi connectivity index (χ0n) is 12.1. The van der Waals surface area contributed by atoms with Crippen LogP contribution in [0.3, 0.4) is 0 Å². The maximum atomic E-state index is 5.73. The van der Waals surface area contributed by atoms with Gasteiger partial charge in [0.1, 0.15) is 0 Å². The van der Waals surface area contributed by atoms with Crippen molar-refractivity contribution < 1.29 is 0 Å². The smallest absolute Gasteiger partial charge is 0.00508 e. The summed E-state index contributed by atoms with van der Waals surface area (Å²) in [5.41, 5.74) is 11.5. The molecular weight excluding hydrogens is 224 g/mol. The monoisotopic (exact) mass is 256 g/mol. The molecule has 0 aliphatic carbocycles. The summed E-state index contributed by atoms with van der Waals surface area (Å²) in [6.45, 7) is 8.80. The molecule has 0 saturated carbocycles. The molecule has 18 heavy (non-hydrogen) atoms. The summed E-state index contributed by atoms with van der Waals surface area (Å²) in [5, 5.41) is 6.67. The van der Waals surface area contributed by atoms with Crippen molar-refractivity contribution in [3.8, 4) is 0 Å². The summed E-state index contributed by atoms with van der Waals surface area (Å²) in [7, 11) is 0. The summed E-state index contributed by atoms with van der Waals surface area (Å²) in [4.78, 5) is 0. The topological polar surface area (TPSA) is 76.1 Å².